The smallest absolute Gasteiger partial charge is 0.331 e. The number of methoxy groups -OCH3 is 1. The molecule has 9 nitrogen and oxygen atoms in total. The Morgan fingerprint density at radius 3 is 1.65 bits per heavy atom. The third-order valence-electron chi connectivity index (χ3n) is 17.5. The molecular formula is C65H113NO8Si4. The highest BCUT2D eigenvalue weighted by Gasteiger charge is 2.45. The van der Waals surface area contributed by atoms with Crippen molar-refractivity contribution in [3.63, 3.8) is 0 Å². The fourth-order valence-electron chi connectivity index (χ4n) is 8.13. The molecule has 0 saturated carbocycles. The van der Waals surface area contributed by atoms with Crippen molar-refractivity contribution < 1.29 is 36.4 Å². The monoisotopic (exact) mass is 1150 g/mol. The van der Waals surface area contributed by atoms with Gasteiger partial charge in [-0.2, -0.15) is 0 Å². The van der Waals surface area contributed by atoms with Crippen LogP contribution in [0, 0.1) is 17.8 Å². The zero-order chi connectivity index (χ0) is 59.9. The van der Waals surface area contributed by atoms with E-state index in [2.05, 4.69) is 220 Å². The Bertz CT molecular complexity index is 2280. The number of rotatable bonds is 13. The fraction of sp³-hybridized carbons (Fsp3) is 0.662. The molecule has 0 radical (unpaired) electrons. The molecule has 0 fully saturated rings. The highest BCUT2D eigenvalue weighted by molar-refractivity contribution is 6.75. The first-order valence-electron chi connectivity index (χ1n) is 29.0. The van der Waals surface area contributed by atoms with E-state index in [9.17, 15) is 4.79 Å². The van der Waals surface area contributed by atoms with Crippen molar-refractivity contribution in [3.05, 3.63) is 121 Å². The lowest BCUT2D eigenvalue weighted by molar-refractivity contribution is -0.150. The first-order valence-corrected chi connectivity index (χ1v) is 40.7. The number of hydrogen-bond acceptors (Lipinski definition) is 9. The molecule has 0 N–H and O–H groups in total. The lowest BCUT2D eigenvalue weighted by Gasteiger charge is -2.44. The van der Waals surface area contributed by atoms with Gasteiger partial charge in [-0.3, -0.25) is 0 Å². The van der Waals surface area contributed by atoms with E-state index >= 15 is 0 Å². The minimum atomic E-state index is -2.29. The highest BCUT2D eigenvalue weighted by Crippen LogP contribution is 2.43. The topological polar surface area (TPSA) is 98.5 Å². The highest BCUT2D eigenvalue weighted by atomic mass is 28.4. The summed E-state index contributed by atoms with van der Waals surface area (Å²) in [5, 5.41) is 0.0797. The predicted molar refractivity (Wildman–Crippen MR) is 343 cm³/mol. The average molecular weight is 1150 g/mol. The fourth-order valence-corrected chi connectivity index (χ4v) is 13.6. The van der Waals surface area contributed by atoms with Crippen molar-refractivity contribution >= 4 is 45.3 Å². The summed E-state index contributed by atoms with van der Waals surface area (Å²) in [5.74, 6) is -0.145. The van der Waals surface area contributed by atoms with Gasteiger partial charge in [-0.05, 0) is 98.9 Å². The second kappa shape index (κ2) is 29.8. The summed E-state index contributed by atoms with van der Waals surface area (Å²) in [7, 11) is -6.96. The summed E-state index contributed by atoms with van der Waals surface area (Å²) in [6.45, 7) is 58.5. The predicted octanol–water partition coefficient (Wildman–Crippen LogP) is 18.8. The van der Waals surface area contributed by atoms with Gasteiger partial charge in [0, 0.05) is 43.5 Å². The van der Waals surface area contributed by atoms with E-state index in [-0.39, 0.29) is 74.3 Å². The second-order valence-corrected chi connectivity index (χ2v) is 47.4. The lowest BCUT2D eigenvalue weighted by atomic mass is 9.86. The number of esters is 1. The lowest BCUT2D eigenvalue weighted by Crippen LogP contribution is -2.50. The van der Waals surface area contributed by atoms with E-state index < -0.39 is 45.3 Å². The Morgan fingerprint density at radius 1 is 0.615 bits per heavy atom. The third-order valence-corrected chi connectivity index (χ3v) is 35.5. The van der Waals surface area contributed by atoms with Crippen LogP contribution in [-0.4, -0.2) is 88.0 Å². The Kier molecular flexibility index (Phi) is 27.2. The van der Waals surface area contributed by atoms with Crippen LogP contribution in [0.15, 0.2) is 113 Å². The molecule has 2 bridgehead atoms. The Balaban J connectivity index is 2.82. The number of carbonyl (C=O) groups excluding carboxylic acids is 1. The first kappa shape index (κ1) is 71.1. The van der Waals surface area contributed by atoms with Crippen molar-refractivity contribution in [2.24, 2.45) is 17.8 Å². The minimum Gasteiger partial charge on any atom is -0.458 e. The van der Waals surface area contributed by atoms with Crippen LogP contribution in [0.3, 0.4) is 0 Å². The van der Waals surface area contributed by atoms with Gasteiger partial charge in [-0.15, -0.1) is 0 Å². The second-order valence-electron chi connectivity index (χ2n) is 28.4. The molecule has 13 heteroatoms. The molecule has 78 heavy (non-hydrogen) atoms. The third kappa shape index (κ3) is 22.7. The quantitative estimate of drug-likeness (QED) is 0.141. The van der Waals surface area contributed by atoms with Crippen molar-refractivity contribution in [1.82, 2.24) is 4.98 Å². The van der Waals surface area contributed by atoms with E-state index in [1.54, 1.807) is 19.4 Å². The Morgan fingerprint density at radius 2 is 1.10 bits per heavy atom. The summed E-state index contributed by atoms with van der Waals surface area (Å²) in [4.78, 5) is 18.9. The van der Waals surface area contributed by atoms with Crippen LogP contribution in [-0.2, 0) is 32.0 Å². The van der Waals surface area contributed by atoms with E-state index in [1.807, 2.05) is 48.6 Å². The molecule has 1 aromatic heterocycles. The maximum Gasteiger partial charge on any atom is 0.331 e. The van der Waals surface area contributed by atoms with Gasteiger partial charge < -0.3 is 31.6 Å². The number of ether oxygens (including phenoxy) is 2. The van der Waals surface area contributed by atoms with Crippen molar-refractivity contribution in [2.45, 2.75) is 253 Å². The van der Waals surface area contributed by atoms with Crippen LogP contribution in [0.4, 0.5) is 0 Å². The van der Waals surface area contributed by atoms with Crippen LogP contribution in [0.1, 0.15) is 155 Å². The number of allylic oxidation sites excluding steroid dienone is 12. The number of fused-ring (bicyclic) bond motifs is 2. The van der Waals surface area contributed by atoms with E-state index in [0.717, 1.165) is 11.3 Å². The van der Waals surface area contributed by atoms with Crippen LogP contribution < -0.4 is 0 Å². The molecule has 442 valence electrons. The maximum absolute atomic E-state index is 13.9. The van der Waals surface area contributed by atoms with E-state index in [1.165, 1.54) is 6.08 Å². The summed E-state index contributed by atoms with van der Waals surface area (Å²) in [5.41, 5.74) is 1.85. The van der Waals surface area contributed by atoms with E-state index in [4.69, 9.17) is 36.6 Å². The normalized spacial score (nSPS) is 28.3. The minimum absolute atomic E-state index is 0.00492. The number of carbonyl (C=O) groups is 1. The number of aromatic nitrogens is 1. The van der Waals surface area contributed by atoms with Gasteiger partial charge in [0.05, 0.1) is 30.3 Å². The summed E-state index contributed by atoms with van der Waals surface area (Å²) in [6.07, 6.45) is 35.7. The van der Waals surface area contributed by atoms with Gasteiger partial charge in [-0.1, -0.05) is 207 Å². The number of cyclic esters (lactones) is 1. The Labute approximate surface area is 482 Å². The molecule has 10 atom stereocenters. The van der Waals surface area contributed by atoms with Gasteiger partial charge >= 0.3 is 5.97 Å². The summed E-state index contributed by atoms with van der Waals surface area (Å²) >= 11 is 0. The summed E-state index contributed by atoms with van der Waals surface area (Å²) < 4.78 is 47.3. The van der Waals surface area contributed by atoms with Crippen molar-refractivity contribution in [3.8, 4) is 0 Å². The van der Waals surface area contributed by atoms with Gasteiger partial charge in [-0.25, -0.2) is 9.78 Å². The van der Waals surface area contributed by atoms with E-state index in [0.29, 0.717) is 18.7 Å². The largest absolute Gasteiger partial charge is 0.458 e. The molecule has 0 aromatic carbocycles. The molecule has 0 unspecified atom stereocenters. The van der Waals surface area contributed by atoms with Gasteiger partial charge in [0.15, 0.2) is 39.2 Å². The first-order chi connectivity index (χ1) is 35.6. The number of nitrogens with zero attached hydrogens (tertiary/aromatic N) is 1. The molecule has 1 aliphatic heterocycles. The van der Waals surface area contributed by atoms with Crippen LogP contribution in [0.25, 0.3) is 6.08 Å². The standard InChI is InChI=1S/C65H113NO8Si4/c1-48-38-32-28-31-35-43-59(67)70-60(52(5)58(74-78(26,27)65(16,17)18)45-51(4)71-75(20,21)62(7,8)9)49(2)39-33-29-30-34-41-55(72-76(22,23)63(10,11)12)46-57(68-19)53(6)61-66-54(47-69-61)40-36-37-42-56(50(3)44-48)73-77(24,25)64(13,14)15/h28-44,47,49-53,55-58,60H,45-46H2,1-27H3/b30-29-,31-28-,38-32-,39-33-,40-36-,41-34-,42-37-,43-35-,48-44-/t49-,50+,51+,52+,53+,55-,56-,57+,58-,60-/m0/s1. The zero-order valence-electron chi connectivity index (χ0n) is 54.3. The van der Waals surface area contributed by atoms with Gasteiger partial charge in [0.25, 0.3) is 0 Å². The average Bonchev–Trinajstić information content (AvgIpc) is 3.76. The number of oxazole rings is 1. The molecule has 1 aromatic rings. The summed E-state index contributed by atoms with van der Waals surface area (Å²) in [6, 6.07) is 0. The molecule has 2 heterocycles. The SMILES string of the molecule is CO[C@@H]1C[C@@H](O[Si](C)(C)C(C)(C)C)\C=C/C=C\C=C/[C@H](C)[C@@H]([C@H](C)[C@H](C[C@@H](C)O[Si](C)(C)C(C)(C)C)O[Si](C)(C)C(C)(C)C)OC(=O)\C=C/C=C\C=C/C(C)=C\[C@@H](C)[C@@H](O[Si](C)(C)C(C)(C)C)/C=C\C=C/c2coc(n2)[C@@H]1C. The van der Waals surface area contributed by atoms with Crippen LogP contribution >= 0.6 is 0 Å². The number of hydrogen-bond donors (Lipinski definition) is 0. The molecule has 0 spiro atoms. The molecule has 2 rings (SSSR count). The van der Waals surface area contributed by atoms with Crippen molar-refractivity contribution in [1.29, 1.82) is 0 Å². The maximum atomic E-state index is 13.9. The molecular weight excluding hydrogens is 1040 g/mol. The zero-order valence-corrected chi connectivity index (χ0v) is 58.3. The van der Waals surface area contributed by atoms with Crippen molar-refractivity contribution in [2.75, 3.05) is 7.11 Å². The van der Waals surface area contributed by atoms with Crippen LogP contribution in [0.5, 0.6) is 0 Å². The van der Waals surface area contributed by atoms with Gasteiger partial charge in [0.2, 0.25) is 0 Å². The molecule has 1 aliphatic rings. The molecule has 0 amide bonds. The molecule has 0 aliphatic carbocycles. The Hall–Kier alpha value is -2.99. The van der Waals surface area contributed by atoms with Crippen LogP contribution in [0.2, 0.25) is 72.5 Å². The molecule has 0 saturated heterocycles. The van der Waals surface area contributed by atoms with Gasteiger partial charge in [0.1, 0.15) is 18.1 Å².